The first-order valence-electron chi connectivity index (χ1n) is 6.19. The molecule has 0 aliphatic rings. The Morgan fingerprint density at radius 2 is 2.32 bits per heavy atom. The van der Waals surface area contributed by atoms with Crippen molar-refractivity contribution in [2.24, 2.45) is 0 Å². The predicted molar refractivity (Wildman–Crippen MR) is 70.2 cm³/mol. The average Bonchev–Trinajstić information content (AvgIpc) is 2.93. The second-order valence-electron chi connectivity index (χ2n) is 3.87. The summed E-state index contributed by atoms with van der Waals surface area (Å²) < 4.78 is 10.5. The van der Waals surface area contributed by atoms with Crippen molar-refractivity contribution in [3.8, 4) is 5.88 Å². The van der Waals surface area contributed by atoms with Crippen molar-refractivity contribution in [1.82, 2.24) is 10.3 Å². The van der Waals surface area contributed by atoms with E-state index in [1.807, 2.05) is 19.1 Å². The van der Waals surface area contributed by atoms with Crippen molar-refractivity contribution in [1.29, 1.82) is 0 Å². The molecule has 0 aliphatic carbocycles. The molecule has 0 saturated carbocycles. The van der Waals surface area contributed by atoms with E-state index >= 15 is 0 Å². The van der Waals surface area contributed by atoms with E-state index in [9.17, 15) is 4.79 Å². The number of nitrogens with zero attached hydrogens (tertiary/aromatic N) is 1. The molecule has 5 heteroatoms. The van der Waals surface area contributed by atoms with E-state index in [1.165, 1.54) is 0 Å². The lowest BCUT2D eigenvalue weighted by Crippen LogP contribution is -2.26. The van der Waals surface area contributed by atoms with Crippen LogP contribution in [-0.4, -0.2) is 24.0 Å². The fourth-order valence-electron chi connectivity index (χ4n) is 1.66. The minimum Gasteiger partial charge on any atom is -0.477 e. The summed E-state index contributed by atoms with van der Waals surface area (Å²) in [6, 6.07) is 7.11. The van der Waals surface area contributed by atoms with Crippen LogP contribution in [0.15, 0.2) is 41.1 Å². The van der Waals surface area contributed by atoms with Crippen LogP contribution >= 0.6 is 0 Å². The number of carbonyl (C=O) groups is 1. The van der Waals surface area contributed by atoms with Crippen molar-refractivity contribution in [2.45, 2.75) is 13.3 Å². The molecule has 2 aromatic rings. The highest BCUT2D eigenvalue weighted by molar-refractivity contribution is 5.96. The van der Waals surface area contributed by atoms with E-state index in [2.05, 4.69) is 10.3 Å². The molecule has 0 bridgehead atoms. The van der Waals surface area contributed by atoms with Crippen molar-refractivity contribution in [3.05, 3.63) is 48.0 Å². The second kappa shape index (κ2) is 6.58. The lowest BCUT2D eigenvalue weighted by molar-refractivity contribution is 0.0949. The molecular formula is C14H16N2O3. The number of amides is 1. The van der Waals surface area contributed by atoms with E-state index in [1.54, 1.807) is 24.6 Å². The van der Waals surface area contributed by atoms with Crippen LogP contribution in [-0.2, 0) is 6.42 Å². The fraction of sp³-hybridized carbons (Fsp3) is 0.286. The fourth-order valence-corrected chi connectivity index (χ4v) is 1.66. The molecule has 2 aromatic heterocycles. The Morgan fingerprint density at radius 1 is 1.42 bits per heavy atom. The van der Waals surface area contributed by atoms with Gasteiger partial charge in [-0.15, -0.1) is 0 Å². The zero-order chi connectivity index (χ0) is 13.5. The van der Waals surface area contributed by atoms with Gasteiger partial charge in [0.2, 0.25) is 5.88 Å². The van der Waals surface area contributed by atoms with Gasteiger partial charge in [-0.2, -0.15) is 0 Å². The number of hydrogen-bond donors (Lipinski definition) is 1. The third-order valence-corrected chi connectivity index (χ3v) is 2.53. The van der Waals surface area contributed by atoms with Gasteiger partial charge in [0.1, 0.15) is 11.3 Å². The summed E-state index contributed by atoms with van der Waals surface area (Å²) in [6.07, 6.45) is 3.87. The van der Waals surface area contributed by atoms with Crippen molar-refractivity contribution >= 4 is 5.91 Å². The van der Waals surface area contributed by atoms with Crippen LogP contribution in [0.2, 0.25) is 0 Å². The van der Waals surface area contributed by atoms with Gasteiger partial charge in [-0.3, -0.25) is 4.79 Å². The van der Waals surface area contributed by atoms with Crippen LogP contribution in [0.3, 0.4) is 0 Å². The van der Waals surface area contributed by atoms with Crippen LogP contribution in [0.5, 0.6) is 5.88 Å². The maximum Gasteiger partial charge on any atom is 0.256 e. The SMILES string of the molecule is CCOc1ncccc1C(=O)NCCc1ccco1. The molecule has 0 fully saturated rings. The summed E-state index contributed by atoms with van der Waals surface area (Å²) in [5, 5.41) is 2.82. The quantitative estimate of drug-likeness (QED) is 0.863. The minimum atomic E-state index is -0.192. The second-order valence-corrected chi connectivity index (χ2v) is 3.87. The number of furan rings is 1. The summed E-state index contributed by atoms with van der Waals surface area (Å²) in [6.45, 7) is 2.84. The van der Waals surface area contributed by atoms with Gasteiger partial charge in [0.25, 0.3) is 5.91 Å². The van der Waals surface area contributed by atoms with E-state index in [0.717, 1.165) is 5.76 Å². The number of rotatable bonds is 6. The molecule has 0 aromatic carbocycles. The first-order valence-corrected chi connectivity index (χ1v) is 6.19. The molecule has 0 atom stereocenters. The van der Waals surface area contributed by atoms with E-state index in [-0.39, 0.29) is 5.91 Å². The standard InChI is InChI=1S/C14H16N2O3/c1-2-18-14-12(6-3-8-16-14)13(17)15-9-7-11-5-4-10-19-11/h3-6,8,10H,2,7,9H2,1H3,(H,15,17). The Morgan fingerprint density at radius 3 is 3.05 bits per heavy atom. The van der Waals surface area contributed by atoms with Gasteiger partial charge in [0.05, 0.1) is 12.9 Å². The van der Waals surface area contributed by atoms with Crippen LogP contribution < -0.4 is 10.1 Å². The molecule has 2 heterocycles. The molecule has 1 N–H and O–H groups in total. The molecule has 0 radical (unpaired) electrons. The van der Waals surface area contributed by atoms with Crippen molar-refractivity contribution in [3.63, 3.8) is 0 Å². The first-order chi connectivity index (χ1) is 9.31. The highest BCUT2D eigenvalue weighted by Crippen LogP contribution is 2.13. The van der Waals surface area contributed by atoms with E-state index in [4.69, 9.17) is 9.15 Å². The van der Waals surface area contributed by atoms with Gasteiger partial charge in [-0.25, -0.2) is 4.98 Å². The molecule has 0 saturated heterocycles. The largest absolute Gasteiger partial charge is 0.477 e. The summed E-state index contributed by atoms with van der Waals surface area (Å²) in [4.78, 5) is 16.1. The monoisotopic (exact) mass is 260 g/mol. The summed E-state index contributed by atoms with van der Waals surface area (Å²) in [5.41, 5.74) is 0.448. The molecule has 100 valence electrons. The number of carbonyl (C=O) groups excluding carboxylic acids is 1. The molecule has 5 nitrogen and oxygen atoms in total. The average molecular weight is 260 g/mol. The third kappa shape index (κ3) is 3.58. The zero-order valence-electron chi connectivity index (χ0n) is 10.8. The van der Waals surface area contributed by atoms with Gasteiger partial charge in [0, 0.05) is 19.2 Å². The summed E-state index contributed by atoms with van der Waals surface area (Å²) in [7, 11) is 0. The van der Waals surface area contributed by atoms with Gasteiger partial charge in [-0.1, -0.05) is 0 Å². The Hall–Kier alpha value is -2.30. The molecule has 1 amide bonds. The molecule has 0 aliphatic heterocycles. The van der Waals surface area contributed by atoms with Crippen LogP contribution in [0, 0.1) is 0 Å². The highest BCUT2D eigenvalue weighted by Gasteiger charge is 2.12. The maximum atomic E-state index is 12.0. The van der Waals surface area contributed by atoms with Crippen LogP contribution in [0.4, 0.5) is 0 Å². The lowest BCUT2D eigenvalue weighted by atomic mass is 10.2. The molecular weight excluding hydrogens is 244 g/mol. The van der Waals surface area contributed by atoms with E-state index < -0.39 is 0 Å². The minimum absolute atomic E-state index is 0.192. The Labute approximate surface area is 111 Å². The smallest absolute Gasteiger partial charge is 0.256 e. The van der Waals surface area contributed by atoms with Gasteiger partial charge < -0.3 is 14.5 Å². The van der Waals surface area contributed by atoms with Crippen molar-refractivity contribution < 1.29 is 13.9 Å². The topological polar surface area (TPSA) is 64.4 Å². The third-order valence-electron chi connectivity index (χ3n) is 2.53. The highest BCUT2D eigenvalue weighted by atomic mass is 16.5. The number of aromatic nitrogens is 1. The van der Waals surface area contributed by atoms with Crippen LogP contribution in [0.1, 0.15) is 23.0 Å². The maximum absolute atomic E-state index is 12.0. The summed E-state index contributed by atoms with van der Waals surface area (Å²) in [5.74, 6) is 1.01. The number of pyridine rings is 1. The van der Waals surface area contributed by atoms with Gasteiger partial charge in [0.15, 0.2) is 0 Å². The molecule has 19 heavy (non-hydrogen) atoms. The number of nitrogens with one attached hydrogen (secondary N) is 1. The normalized spacial score (nSPS) is 10.2. The number of ether oxygens (including phenoxy) is 1. The molecule has 0 spiro atoms. The summed E-state index contributed by atoms with van der Waals surface area (Å²) >= 11 is 0. The molecule has 2 rings (SSSR count). The first kappa shape index (κ1) is 13.1. The van der Waals surface area contributed by atoms with Gasteiger partial charge in [-0.05, 0) is 31.2 Å². The van der Waals surface area contributed by atoms with Gasteiger partial charge >= 0.3 is 0 Å². The molecule has 0 unspecified atom stereocenters. The Bertz CT molecular complexity index is 523. The van der Waals surface area contributed by atoms with E-state index in [0.29, 0.717) is 31.0 Å². The zero-order valence-corrected chi connectivity index (χ0v) is 10.8. The van der Waals surface area contributed by atoms with Crippen LogP contribution in [0.25, 0.3) is 0 Å². The Balaban J connectivity index is 1.92. The Kier molecular flexibility index (Phi) is 4.55. The lowest BCUT2D eigenvalue weighted by Gasteiger charge is -2.08. The number of hydrogen-bond acceptors (Lipinski definition) is 4. The van der Waals surface area contributed by atoms with Crippen molar-refractivity contribution in [2.75, 3.05) is 13.2 Å². The predicted octanol–water partition coefficient (Wildman–Crippen LogP) is 2.05.